The van der Waals surface area contributed by atoms with E-state index >= 15 is 0 Å². The second-order valence-electron chi connectivity index (χ2n) is 4.35. The molecule has 2 rings (SSSR count). The van der Waals surface area contributed by atoms with Gasteiger partial charge in [0.1, 0.15) is 0 Å². The molecule has 1 heterocycles. The van der Waals surface area contributed by atoms with E-state index in [4.69, 9.17) is 0 Å². The topological polar surface area (TPSA) is 29.9 Å². The van der Waals surface area contributed by atoms with Crippen LogP contribution in [0.3, 0.4) is 0 Å². The van der Waals surface area contributed by atoms with Crippen molar-refractivity contribution in [2.45, 2.75) is 33.4 Å². The number of nitrogens with zero attached hydrogens (tertiary/aromatic N) is 2. The molecule has 1 N–H and O–H groups in total. The Morgan fingerprint density at radius 1 is 1.38 bits per heavy atom. The summed E-state index contributed by atoms with van der Waals surface area (Å²) < 4.78 is 2.20. The van der Waals surface area contributed by atoms with Crippen LogP contribution in [0.4, 0.5) is 0 Å². The van der Waals surface area contributed by atoms with Gasteiger partial charge in [-0.2, -0.15) is 0 Å². The van der Waals surface area contributed by atoms with E-state index in [0.717, 1.165) is 18.6 Å². The fourth-order valence-electron chi connectivity index (χ4n) is 1.87. The fraction of sp³-hybridized carbons (Fsp3) is 0.462. The van der Waals surface area contributed by atoms with E-state index in [1.54, 1.807) is 0 Å². The quantitative estimate of drug-likeness (QED) is 0.853. The number of aromatic nitrogens is 2. The molecule has 16 heavy (non-hydrogen) atoms. The summed E-state index contributed by atoms with van der Waals surface area (Å²) in [7, 11) is 0. The van der Waals surface area contributed by atoms with Gasteiger partial charge in [-0.25, -0.2) is 4.98 Å². The van der Waals surface area contributed by atoms with Gasteiger partial charge in [-0.05, 0) is 38.1 Å². The van der Waals surface area contributed by atoms with Crippen LogP contribution < -0.4 is 5.32 Å². The second-order valence-corrected chi connectivity index (χ2v) is 4.35. The van der Waals surface area contributed by atoms with E-state index < -0.39 is 0 Å². The van der Waals surface area contributed by atoms with Gasteiger partial charge in [0.25, 0.3) is 0 Å². The number of fused-ring (bicyclic) bond motifs is 1. The van der Waals surface area contributed by atoms with Crippen LogP contribution in [-0.4, -0.2) is 16.1 Å². The van der Waals surface area contributed by atoms with Crippen LogP contribution >= 0.6 is 0 Å². The zero-order valence-corrected chi connectivity index (χ0v) is 10.2. The lowest BCUT2D eigenvalue weighted by Crippen LogP contribution is -2.11. The SMILES string of the molecule is CCNCc1ccc2c(c1)ncn2C(C)C. The van der Waals surface area contributed by atoms with Gasteiger partial charge >= 0.3 is 0 Å². The van der Waals surface area contributed by atoms with Crippen LogP contribution in [0.2, 0.25) is 0 Å². The molecule has 0 radical (unpaired) electrons. The minimum atomic E-state index is 0.463. The molecule has 0 bridgehead atoms. The average molecular weight is 217 g/mol. The number of rotatable bonds is 4. The van der Waals surface area contributed by atoms with Crippen LogP contribution in [0.5, 0.6) is 0 Å². The molecule has 0 unspecified atom stereocenters. The van der Waals surface area contributed by atoms with Crippen molar-refractivity contribution in [3.63, 3.8) is 0 Å². The van der Waals surface area contributed by atoms with Crippen molar-refractivity contribution in [2.24, 2.45) is 0 Å². The predicted molar refractivity (Wildman–Crippen MR) is 67.5 cm³/mol. The first-order valence-electron chi connectivity index (χ1n) is 5.88. The Morgan fingerprint density at radius 3 is 2.88 bits per heavy atom. The molecule has 0 saturated carbocycles. The Kier molecular flexibility index (Phi) is 3.25. The zero-order valence-electron chi connectivity index (χ0n) is 10.2. The molecule has 1 aromatic carbocycles. The molecule has 0 spiro atoms. The molecule has 0 saturated heterocycles. The number of hydrogen-bond acceptors (Lipinski definition) is 2. The Bertz CT molecular complexity index is 471. The molecule has 0 fully saturated rings. The molecule has 0 aliphatic rings. The lowest BCUT2D eigenvalue weighted by atomic mass is 10.2. The molecule has 0 atom stereocenters. The Labute approximate surface area is 96.5 Å². The molecule has 0 aliphatic heterocycles. The normalized spacial score (nSPS) is 11.5. The summed E-state index contributed by atoms with van der Waals surface area (Å²) in [6.45, 7) is 8.38. The number of hydrogen-bond donors (Lipinski definition) is 1. The van der Waals surface area contributed by atoms with E-state index in [1.165, 1.54) is 11.1 Å². The summed E-state index contributed by atoms with van der Waals surface area (Å²) in [5.74, 6) is 0. The first-order chi connectivity index (χ1) is 7.72. The Morgan fingerprint density at radius 2 is 2.19 bits per heavy atom. The molecule has 0 aliphatic carbocycles. The third kappa shape index (κ3) is 2.09. The average Bonchev–Trinajstić information content (AvgIpc) is 2.69. The Balaban J connectivity index is 2.33. The van der Waals surface area contributed by atoms with Gasteiger partial charge in [-0.3, -0.25) is 0 Å². The highest BCUT2D eigenvalue weighted by atomic mass is 15.1. The summed E-state index contributed by atoms with van der Waals surface area (Å²) in [6, 6.07) is 6.96. The summed E-state index contributed by atoms with van der Waals surface area (Å²) in [5, 5.41) is 3.32. The van der Waals surface area contributed by atoms with Crippen LogP contribution in [-0.2, 0) is 6.54 Å². The summed E-state index contributed by atoms with van der Waals surface area (Å²) in [4.78, 5) is 4.44. The van der Waals surface area contributed by atoms with E-state index in [9.17, 15) is 0 Å². The van der Waals surface area contributed by atoms with Crippen molar-refractivity contribution >= 4 is 11.0 Å². The maximum Gasteiger partial charge on any atom is 0.0960 e. The first kappa shape index (κ1) is 11.1. The van der Waals surface area contributed by atoms with E-state index in [2.05, 4.69) is 53.8 Å². The van der Waals surface area contributed by atoms with Crippen LogP contribution in [0.25, 0.3) is 11.0 Å². The highest BCUT2D eigenvalue weighted by molar-refractivity contribution is 5.76. The summed E-state index contributed by atoms with van der Waals surface area (Å²) >= 11 is 0. The minimum Gasteiger partial charge on any atom is -0.328 e. The van der Waals surface area contributed by atoms with Gasteiger partial charge in [0.05, 0.1) is 17.4 Å². The minimum absolute atomic E-state index is 0.463. The third-order valence-corrected chi connectivity index (χ3v) is 2.77. The molecule has 3 nitrogen and oxygen atoms in total. The van der Waals surface area contributed by atoms with Crippen LogP contribution in [0, 0.1) is 0 Å². The lowest BCUT2D eigenvalue weighted by Gasteiger charge is -2.08. The zero-order chi connectivity index (χ0) is 11.5. The summed E-state index contributed by atoms with van der Waals surface area (Å²) in [5.41, 5.74) is 3.60. The predicted octanol–water partition coefficient (Wildman–Crippen LogP) is 2.73. The van der Waals surface area contributed by atoms with Crippen molar-refractivity contribution in [2.75, 3.05) is 6.54 Å². The first-order valence-corrected chi connectivity index (χ1v) is 5.88. The maximum absolute atomic E-state index is 4.44. The molecular formula is C13H19N3. The van der Waals surface area contributed by atoms with Gasteiger partial charge in [0.15, 0.2) is 0 Å². The van der Waals surface area contributed by atoms with Gasteiger partial charge in [0.2, 0.25) is 0 Å². The maximum atomic E-state index is 4.44. The van der Waals surface area contributed by atoms with Gasteiger partial charge in [0, 0.05) is 12.6 Å². The van der Waals surface area contributed by atoms with Crippen molar-refractivity contribution in [3.05, 3.63) is 30.1 Å². The molecular weight excluding hydrogens is 198 g/mol. The number of imidazole rings is 1. The highest BCUT2D eigenvalue weighted by Crippen LogP contribution is 2.18. The van der Waals surface area contributed by atoms with Gasteiger partial charge in [-0.1, -0.05) is 13.0 Å². The smallest absolute Gasteiger partial charge is 0.0960 e. The van der Waals surface area contributed by atoms with Gasteiger partial charge < -0.3 is 9.88 Å². The van der Waals surface area contributed by atoms with Crippen molar-refractivity contribution in [1.29, 1.82) is 0 Å². The van der Waals surface area contributed by atoms with Crippen molar-refractivity contribution < 1.29 is 0 Å². The molecule has 3 heteroatoms. The van der Waals surface area contributed by atoms with E-state index in [0.29, 0.717) is 6.04 Å². The lowest BCUT2D eigenvalue weighted by molar-refractivity contribution is 0.617. The Hall–Kier alpha value is -1.35. The highest BCUT2D eigenvalue weighted by Gasteiger charge is 2.05. The number of benzene rings is 1. The standard InChI is InChI=1S/C13H19N3/c1-4-14-8-11-5-6-13-12(7-11)15-9-16(13)10(2)3/h5-7,9-10,14H,4,8H2,1-3H3. The van der Waals surface area contributed by atoms with E-state index in [1.807, 2.05) is 6.33 Å². The molecule has 0 amide bonds. The van der Waals surface area contributed by atoms with Gasteiger partial charge in [-0.15, -0.1) is 0 Å². The molecule has 2 aromatic rings. The monoisotopic (exact) mass is 217 g/mol. The molecule has 86 valence electrons. The van der Waals surface area contributed by atoms with Crippen LogP contribution in [0.1, 0.15) is 32.4 Å². The fourth-order valence-corrected chi connectivity index (χ4v) is 1.87. The second kappa shape index (κ2) is 4.66. The van der Waals surface area contributed by atoms with Crippen LogP contribution in [0.15, 0.2) is 24.5 Å². The largest absolute Gasteiger partial charge is 0.328 e. The van der Waals surface area contributed by atoms with E-state index in [-0.39, 0.29) is 0 Å². The summed E-state index contributed by atoms with van der Waals surface area (Å²) in [6.07, 6.45) is 1.92. The number of nitrogens with one attached hydrogen (secondary N) is 1. The molecule has 1 aromatic heterocycles. The van der Waals surface area contributed by atoms with Crippen molar-refractivity contribution in [1.82, 2.24) is 14.9 Å². The third-order valence-electron chi connectivity index (χ3n) is 2.77. The van der Waals surface area contributed by atoms with Crippen molar-refractivity contribution in [3.8, 4) is 0 Å².